The zero-order valence-corrected chi connectivity index (χ0v) is 17.8. The molecule has 0 spiro atoms. The van der Waals surface area contributed by atoms with Crippen molar-refractivity contribution in [2.24, 2.45) is 7.05 Å². The molecule has 27 heavy (non-hydrogen) atoms. The molecule has 0 saturated heterocycles. The summed E-state index contributed by atoms with van der Waals surface area (Å²) in [5.74, 6) is 2.48. The molecule has 140 valence electrons. The third-order valence-electron chi connectivity index (χ3n) is 5.94. The predicted molar refractivity (Wildman–Crippen MR) is 113 cm³/mol. The van der Waals surface area contributed by atoms with Crippen molar-refractivity contribution < 1.29 is 9.30 Å². The smallest absolute Gasteiger partial charge is 0.256 e. The van der Waals surface area contributed by atoms with E-state index in [2.05, 4.69) is 90.5 Å². The predicted octanol–water partition coefficient (Wildman–Crippen LogP) is 6.47. The molecule has 0 fully saturated rings. The molecule has 0 unspecified atom stereocenters. The van der Waals surface area contributed by atoms with E-state index in [-0.39, 0.29) is 5.41 Å². The molecule has 0 aliphatic carbocycles. The molecule has 0 saturated carbocycles. The van der Waals surface area contributed by atoms with Crippen LogP contribution in [-0.4, -0.2) is 0 Å². The lowest BCUT2D eigenvalue weighted by Crippen LogP contribution is -2.33. The Labute approximate surface area is 162 Å². The monoisotopic (exact) mass is 360 g/mol. The van der Waals surface area contributed by atoms with Gasteiger partial charge in [-0.1, -0.05) is 46.8 Å². The average Bonchev–Trinajstić information content (AvgIpc) is 2.57. The van der Waals surface area contributed by atoms with Gasteiger partial charge in [-0.2, -0.15) is 4.57 Å². The van der Waals surface area contributed by atoms with Gasteiger partial charge in [0.2, 0.25) is 5.75 Å². The Morgan fingerprint density at radius 1 is 1.04 bits per heavy atom. The second-order valence-corrected chi connectivity index (χ2v) is 9.34. The van der Waals surface area contributed by atoms with Crippen LogP contribution in [0.4, 0.5) is 0 Å². The Morgan fingerprint density at radius 3 is 2.37 bits per heavy atom. The van der Waals surface area contributed by atoms with Crippen LogP contribution < -0.4 is 9.30 Å². The van der Waals surface area contributed by atoms with E-state index in [9.17, 15) is 0 Å². The van der Waals surface area contributed by atoms with Gasteiger partial charge in [-0.3, -0.25) is 0 Å². The number of fused-ring (bicyclic) bond motifs is 2. The van der Waals surface area contributed by atoms with E-state index in [0.29, 0.717) is 5.92 Å². The number of pyridine rings is 1. The van der Waals surface area contributed by atoms with E-state index in [0.717, 1.165) is 11.5 Å². The Hall–Kier alpha value is -2.35. The molecule has 1 aromatic heterocycles. The molecular formula is C25H30NO+. The highest BCUT2D eigenvalue weighted by Gasteiger charge is 2.35. The second-order valence-electron chi connectivity index (χ2n) is 9.34. The molecule has 2 heteroatoms. The molecule has 0 atom stereocenters. The third-order valence-corrected chi connectivity index (χ3v) is 5.94. The van der Waals surface area contributed by atoms with Gasteiger partial charge >= 0.3 is 0 Å². The van der Waals surface area contributed by atoms with Gasteiger partial charge in [-0.15, -0.1) is 0 Å². The number of hydrogen-bond acceptors (Lipinski definition) is 1. The molecule has 0 radical (unpaired) electrons. The van der Waals surface area contributed by atoms with Gasteiger partial charge in [0.25, 0.3) is 5.69 Å². The lowest BCUT2D eigenvalue weighted by Gasteiger charge is -2.28. The Morgan fingerprint density at radius 2 is 1.74 bits per heavy atom. The molecule has 0 amide bonds. The van der Waals surface area contributed by atoms with Crippen molar-refractivity contribution in [3.8, 4) is 22.8 Å². The van der Waals surface area contributed by atoms with Crippen LogP contribution in [0.1, 0.15) is 62.8 Å². The van der Waals surface area contributed by atoms with Gasteiger partial charge in [-0.25, -0.2) is 0 Å². The number of hydrogen-bond donors (Lipinski definition) is 0. The molecule has 4 rings (SSSR count). The molecule has 2 nitrogen and oxygen atoms in total. The van der Waals surface area contributed by atoms with Crippen LogP contribution in [0.2, 0.25) is 0 Å². The molecule has 2 heterocycles. The van der Waals surface area contributed by atoms with E-state index in [1.165, 1.54) is 44.3 Å². The fourth-order valence-electron chi connectivity index (χ4n) is 4.19. The summed E-state index contributed by atoms with van der Waals surface area (Å²) in [6.45, 7) is 15.7. The fraction of sp³-hybridized carbons (Fsp3) is 0.400. The standard InChI is InChI=1S/C25H30NO/c1-14(2)17-12-18-11-15(3)16(4)21-22(18)20(13-17)27-24-19(25(5,6)7)9-10-26(8)23(21)24/h9-14H,1-8H3/q+1. The molecular weight excluding hydrogens is 330 g/mol. The third kappa shape index (κ3) is 2.65. The van der Waals surface area contributed by atoms with Crippen molar-refractivity contribution in [1.82, 2.24) is 0 Å². The van der Waals surface area contributed by atoms with Crippen molar-refractivity contribution in [1.29, 1.82) is 0 Å². The van der Waals surface area contributed by atoms with E-state index >= 15 is 0 Å². The fourth-order valence-corrected chi connectivity index (χ4v) is 4.19. The van der Waals surface area contributed by atoms with Crippen molar-refractivity contribution in [2.45, 2.75) is 59.8 Å². The lowest BCUT2D eigenvalue weighted by atomic mass is 9.83. The second kappa shape index (κ2) is 5.82. The number of aromatic nitrogens is 1. The molecule has 2 aromatic carbocycles. The number of aryl methyl sites for hydroxylation is 2. The summed E-state index contributed by atoms with van der Waals surface area (Å²) in [4.78, 5) is 0. The van der Waals surface area contributed by atoms with Gasteiger partial charge in [-0.05, 0) is 53.3 Å². The van der Waals surface area contributed by atoms with Crippen LogP contribution >= 0.6 is 0 Å². The molecule has 1 aliphatic heterocycles. The highest BCUT2D eigenvalue weighted by molar-refractivity contribution is 6.05. The lowest BCUT2D eigenvalue weighted by molar-refractivity contribution is -0.660. The molecule has 1 aliphatic rings. The van der Waals surface area contributed by atoms with Gasteiger partial charge in [0, 0.05) is 17.0 Å². The first kappa shape index (κ1) is 18.0. The maximum absolute atomic E-state index is 6.65. The molecule has 0 bridgehead atoms. The number of ether oxygens (including phenoxy) is 1. The topological polar surface area (TPSA) is 13.1 Å². The highest BCUT2D eigenvalue weighted by atomic mass is 16.5. The summed E-state index contributed by atoms with van der Waals surface area (Å²) in [5, 5.41) is 2.53. The molecule has 0 N–H and O–H groups in total. The number of rotatable bonds is 1. The van der Waals surface area contributed by atoms with Gasteiger partial charge in [0.1, 0.15) is 12.8 Å². The van der Waals surface area contributed by atoms with Crippen molar-refractivity contribution in [3.63, 3.8) is 0 Å². The van der Waals surface area contributed by atoms with Crippen LogP contribution in [0.15, 0.2) is 30.5 Å². The minimum Gasteiger partial charge on any atom is -0.449 e. The zero-order valence-electron chi connectivity index (χ0n) is 17.8. The summed E-state index contributed by atoms with van der Waals surface area (Å²) in [5.41, 5.74) is 7.79. The first-order valence-corrected chi connectivity index (χ1v) is 9.88. The summed E-state index contributed by atoms with van der Waals surface area (Å²) in [7, 11) is 2.12. The van der Waals surface area contributed by atoms with Crippen LogP contribution in [0.3, 0.4) is 0 Å². The van der Waals surface area contributed by atoms with Crippen LogP contribution in [0, 0.1) is 13.8 Å². The van der Waals surface area contributed by atoms with E-state index in [4.69, 9.17) is 4.74 Å². The van der Waals surface area contributed by atoms with E-state index in [1.54, 1.807) is 0 Å². The minimum absolute atomic E-state index is 0.0162. The van der Waals surface area contributed by atoms with Gasteiger partial charge in [0.15, 0.2) is 6.20 Å². The largest absolute Gasteiger partial charge is 0.449 e. The first-order valence-electron chi connectivity index (χ1n) is 9.88. The summed E-state index contributed by atoms with van der Waals surface area (Å²) in [6.07, 6.45) is 2.17. The summed E-state index contributed by atoms with van der Waals surface area (Å²) in [6, 6.07) is 9.10. The average molecular weight is 361 g/mol. The SMILES string of the molecule is Cc1cc2cc(C(C)C)cc3c2c(c1C)-c1c(c(C(C)(C)C)cc[n+]1C)O3. The Balaban J connectivity index is 2.19. The van der Waals surface area contributed by atoms with Crippen LogP contribution in [0.25, 0.3) is 22.0 Å². The summed E-state index contributed by atoms with van der Waals surface area (Å²) >= 11 is 0. The van der Waals surface area contributed by atoms with Crippen molar-refractivity contribution >= 4 is 10.8 Å². The summed E-state index contributed by atoms with van der Waals surface area (Å²) < 4.78 is 8.87. The zero-order chi connectivity index (χ0) is 19.7. The highest BCUT2D eigenvalue weighted by Crippen LogP contribution is 2.50. The van der Waals surface area contributed by atoms with Crippen LogP contribution in [-0.2, 0) is 12.5 Å². The van der Waals surface area contributed by atoms with Gasteiger partial charge < -0.3 is 4.74 Å². The number of benzene rings is 2. The number of nitrogens with zero attached hydrogens (tertiary/aromatic N) is 1. The van der Waals surface area contributed by atoms with Crippen molar-refractivity contribution in [3.05, 3.63) is 52.7 Å². The maximum atomic E-state index is 6.65. The van der Waals surface area contributed by atoms with E-state index in [1.807, 2.05) is 0 Å². The van der Waals surface area contributed by atoms with E-state index < -0.39 is 0 Å². The Kier molecular flexibility index (Phi) is 3.89. The Bertz CT molecular complexity index is 1080. The van der Waals surface area contributed by atoms with Crippen molar-refractivity contribution in [2.75, 3.05) is 0 Å². The van der Waals surface area contributed by atoms with Crippen LogP contribution in [0.5, 0.6) is 11.5 Å². The minimum atomic E-state index is 0.0162. The first-order chi connectivity index (χ1) is 12.6. The maximum Gasteiger partial charge on any atom is 0.256 e. The molecule has 3 aromatic rings. The normalized spacial score (nSPS) is 13.1. The quantitative estimate of drug-likeness (QED) is 0.354. The van der Waals surface area contributed by atoms with Gasteiger partial charge in [0.05, 0.1) is 5.56 Å².